The molecule has 0 saturated carbocycles. The van der Waals surface area contributed by atoms with Gasteiger partial charge in [0.1, 0.15) is 5.82 Å². The molecule has 0 unspecified atom stereocenters. The highest BCUT2D eigenvalue weighted by molar-refractivity contribution is 7.89. The van der Waals surface area contributed by atoms with E-state index in [4.69, 9.17) is 0 Å². The van der Waals surface area contributed by atoms with Gasteiger partial charge in [-0.2, -0.15) is 4.31 Å². The number of hydrogen-bond acceptors (Lipinski definition) is 5. The van der Waals surface area contributed by atoms with Gasteiger partial charge in [-0.15, -0.1) is 0 Å². The number of rotatable bonds is 6. The summed E-state index contributed by atoms with van der Waals surface area (Å²) in [5.41, 5.74) is 0.501. The molecule has 0 aliphatic carbocycles. The molecule has 0 aromatic carbocycles. The number of imidazole rings is 1. The Morgan fingerprint density at radius 1 is 1.35 bits per heavy atom. The van der Waals surface area contributed by atoms with Crippen molar-refractivity contribution in [2.75, 3.05) is 18.9 Å². The maximum Gasteiger partial charge on any atom is 0.262 e. The highest BCUT2D eigenvalue weighted by atomic mass is 32.2. The Labute approximate surface area is 118 Å². The fourth-order valence-corrected chi connectivity index (χ4v) is 2.95. The molecular formula is C12H17N5O2S. The molecule has 0 radical (unpaired) electrons. The van der Waals surface area contributed by atoms with Crippen LogP contribution in [-0.4, -0.2) is 41.3 Å². The standard InChI is InChI=1S/C12H17N5O2S/c1-3-13-10-5-4-6-16-12(10)20(18,19)17(2)9-11-14-7-8-15-11/h4-8,13H,3,9H2,1-2H3,(H,14,15). The zero-order valence-electron chi connectivity index (χ0n) is 11.4. The van der Waals surface area contributed by atoms with Crippen LogP contribution in [0.1, 0.15) is 12.7 Å². The van der Waals surface area contributed by atoms with Crippen molar-refractivity contribution in [2.45, 2.75) is 18.5 Å². The SMILES string of the molecule is CCNc1cccnc1S(=O)(=O)N(C)Cc1ncc[nH]1. The molecule has 20 heavy (non-hydrogen) atoms. The fourth-order valence-electron chi connectivity index (χ4n) is 1.75. The molecular weight excluding hydrogens is 278 g/mol. The van der Waals surface area contributed by atoms with Gasteiger partial charge in [-0.3, -0.25) is 0 Å². The van der Waals surface area contributed by atoms with E-state index >= 15 is 0 Å². The van der Waals surface area contributed by atoms with Crippen molar-refractivity contribution in [1.82, 2.24) is 19.3 Å². The third kappa shape index (κ3) is 2.97. The monoisotopic (exact) mass is 295 g/mol. The van der Waals surface area contributed by atoms with E-state index in [2.05, 4.69) is 20.3 Å². The highest BCUT2D eigenvalue weighted by Gasteiger charge is 2.25. The molecule has 0 aliphatic heterocycles. The van der Waals surface area contributed by atoms with Gasteiger partial charge in [-0.25, -0.2) is 18.4 Å². The number of pyridine rings is 1. The van der Waals surface area contributed by atoms with Crippen LogP contribution in [0.15, 0.2) is 35.7 Å². The first kappa shape index (κ1) is 14.5. The average molecular weight is 295 g/mol. The van der Waals surface area contributed by atoms with E-state index < -0.39 is 10.0 Å². The van der Waals surface area contributed by atoms with E-state index in [1.807, 2.05) is 6.92 Å². The van der Waals surface area contributed by atoms with Crippen molar-refractivity contribution in [2.24, 2.45) is 0 Å². The number of anilines is 1. The summed E-state index contributed by atoms with van der Waals surface area (Å²) in [5.74, 6) is 0.581. The zero-order chi connectivity index (χ0) is 14.6. The first-order valence-electron chi connectivity index (χ1n) is 6.19. The Kier molecular flexibility index (Phi) is 4.35. The molecule has 2 rings (SSSR count). The predicted octanol–water partition coefficient (Wildman–Crippen LogP) is 1.06. The second-order valence-corrected chi connectivity index (χ2v) is 6.14. The van der Waals surface area contributed by atoms with Crippen LogP contribution in [0.5, 0.6) is 0 Å². The summed E-state index contributed by atoms with van der Waals surface area (Å²) in [6.07, 6.45) is 4.70. The Morgan fingerprint density at radius 2 is 2.15 bits per heavy atom. The molecule has 0 spiro atoms. The number of nitrogens with zero attached hydrogens (tertiary/aromatic N) is 3. The molecule has 0 fully saturated rings. The van der Waals surface area contributed by atoms with E-state index in [9.17, 15) is 8.42 Å². The lowest BCUT2D eigenvalue weighted by molar-refractivity contribution is 0.456. The highest BCUT2D eigenvalue weighted by Crippen LogP contribution is 2.21. The first-order valence-corrected chi connectivity index (χ1v) is 7.63. The smallest absolute Gasteiger partial charge is 0.262 e. The lowest BCUT2D eigenvalue weighted by Crippen LogP contribution is -2.28. The van der Waals surface area contributed by atoms with Crippen molar-refractivity contribution in [3.05, 3.63) is 36.5 Å². The number of aromatic amines is 1. The third-order valence-corrected chi connectivity index (χ3v) is 4.48. The summed E-state index contributed by atoms with van der Waals surface area (Å²) in [6, 6.07) is 3.40. The topological polar surface area (TPSA) is 91.0 Å². The Bertz CT molecular complexity index is 654. The molecule has 0 atom stereocenters. The predicted molar refractivity (Wildman–Crippen MR) is 75.6 cm³/mol. The minimum atomic E-state index is -3.67. The number of aromatic nitrogens is 3. The summed E-state index contributed by atoms with van der Waals surface area (Å²) in [7, 11) is -2.17. The van der Waals surface area contributed by atoms with Crippen LogP contribution in [0.2, 0.25) is 0 Å². The van der Waals surface area contributed by atoms with Crippen LogP contribution in [-0.2, 0) is 16.6 Å². The van der Waals surface area contributed by atoms with E-state index in [1.165, 1.54) is 17.5 Å². The molecule has 0 amide bonds. The summed E-state index contributed by atoms with van der Waals surface area (Å²) < 4.78 is 26.3. The molecule has 0 bridgehead atoms. The molecule has 2 aromatic rings. The van der Waals surface area contributed by atoms with Crippen LogP contribution >= 0.6 is 0 Å². The molecule has 0 aliphatic rings. The number of sulfonamides is 1. The normalized spacial score (nSPS) is 11.8. The van der Waals surface area contributed by atoms with Crippen LogP contribution in [0.25, 0.3) is 0 Å². The van der Waals surface area contributed by atoms with Crippen LogP contribution in [0, 0.1) is 0 Å². The lowest BCUT2D eigenvalue weighted by Gasteiger charge is -2.17. The van der Waals surface area contributed by atoms with Gasteiger partial charge in [-0.05, 0) is 19.1 Å². The number of H-pyrrole nitrogens is 1. The maximum atomic E-state index is 12.5. The van der Waals surface area contributed by atoms with Gasteiger partial charge in [0.25, 0.3) is 10.0 Å². The van der Waals surface area contributed by atoms with Crippen molar-refractivity contribution in [3.8, 4) is 0 Å². The van der Waals surface area contributed by atoms with E-state index in [0.29, 0.717) is 18.1 Å². The number of hydrogen-bond donors (Lipinski definition) is 2. The van der Waals surface area contributed by atoms with Crippen molar-refractivity contribution >= 4 is 15.7 Å². The molecule has 2 N–H and O–H groups in total. The molecule has 0 saturated heterocycles. The maximum absolute atomic E-state index is 12.5. The average Bonchev–Trinajstić information content (AvgIpc) is 2.92. The van der Waals surface area contributed by atoms with Gasteiger partial charge < -0.3 is 10.3 Å². The Balaban J connectivity index is 2.30. The van der Waals surface area contributed by atoms with E-state index in [0.717, 1.165) is 0 Å². The molecule has 108 valence electrons. The van der Waals surface area contributed by atoms with E-state index in [-0.39, 0.29) is 11.6 Å². The minimum Gasteiger partial charge on any atom is -0.383 e. The van der Waals surface area contributed by atoms with Gasteiger partial charge in [0.15, 0.2) is 5.03 Å². The van der Waals surface area contributed by atoms with Crippen LogP contribution in [0.3, 0.4) is 0 Å². The largest absolute Gasteiger partial charge is 0.383 e. The molecule has 2 heterocycles. The zero-order valence-corrected chi connectivity index (χ0v) is 12.2. The van der Waals surface area contributed by atoms with Crippen molar-refractivity contribution < 1.29 is 8.42 Å². The Morgan fingerprint density at radius 3 is 2.80 bits per heavy atom. The Hall–Kier alpha value is -1.93. The van der Waals surface area contributed by atoms with Gasteiger partial charge in [-0.1, -0.05) is 0 Å². The second kappa shape index (κ2) is 6.02. The lowest BCUT2D eigenvalue weighted by atomic mass is 10.4. The summed E-state index contributed by atoms with van der Waals surface area (Å²) in [4.78, 5) is 10.9. The first-order chi connectivity index (χ1) is 9.55. The van der Waals surface area contributed by atoms with Crippen LogP contribution < -0.4 is 5.32 Å². The minimum absolute atomic E-state index is 0.0240. The van der Waals surface area contributed by atoms with Crippen molar-refractivity contribution in [3.63, 3.8) is 0 Å². The van der Waals surface area contributed by atoms with Gasteiger partial charge in [0.05, 0.1) is 12.2 Å². The molecule has 2 aromatic heterocycles. The van der Waals surface area contributed by atoms with Gasteiger partial charge in [0.2, 0.25) is 0 Å². The summed E-state index contributed by atoms with van der Waals surface area (Å²) >= 11 is 0. The van der Waals surface area contributed by atoms with E-state index in [1.54, 1.807) is 24.5 Å². The quantitative estimate of drug-likeness (QED) is 0.831. The van der Waals surface area contributed by atoms with Gasteiger partial charge in [0, 0.05) is 32.2 Å². The van der Waals surface area contributed by atoms with Crippen molar-refractivity contribution in [1.29, 1.82) is 0 Å². The number of nitrogens with one attached hydrogen (secondary N) is 2. The molecule has 8 heteroatoms. The van der Waals surface area contributed by atoms with Crippen LogP contribution in [0.4, 0.5) is 5.69 Å². The summed E-state index contributed by atoms with van der Waals surface area (Å²) in [6.45, 7) is 2.68. The fraction of sp³-hybridized carbons (Fsp3) is 0.333. The second-order valence-electron chi connectivity index (χ2n) is 4.18. The molecule has 7 nitrogen and oxygen atoms in total. The summed E-state index contributed by atoms with van der Waals surface area (Å²) in [5, 5.41) is 3.03. The third-order valence-electron chi connectivity index (χ3n) is 2.72. The van der Waals surface area contributed by atoms with Gasteiger partial charge >= 0.3 is 0 Å².